The molecule has 10 nitrogen and oxygen atoms in total. The van der Waals surface area contributed by atoms with Crippen molar-refractivity contribution in [3.8, 4) is 22.8 Å². The summed E-state index contributed by atoms with van der Waals surface area (Å²) in [4.78, 5) is 35.7. The van der Waals surface area contributed by atoms with Crippen molar-refractivity contribution in [1.82, 2.24) is 35.1 Å². The van der Waals surface area contributed by atoms with Crippen molar-refractivity contribution in [2.45, 2.75) is 40.0 Å². The van der Waals surface area contributed by atoms with Gasteiger partial charge in [0.15, 0.2) is 11.6 Å². The Hall–Kier alpha value is -4.41. The Labute approximate surface area is 218 Å². The van der Waals surface area contributed by atoms with Gasteiger partial charge < -0.3 is 15.2 Å². The number of nitrogens with one attached hydrogen (secondary N) is 3. The number of piperidine rings is 1. The van der Waals surface area contributed by atoms with E-state index in [0.29, 0.717) is 28.3 Å². The fourth-order valence-corrected chi connectivity index (χ4v) is 4.70. The molecule has 0 saturated carbocycles. The minimum absolute atomic E-state index is 0.103. The van der Waals surface area contributed by atoms with Crippen LogP contribution in [0, 0.1) is 11.2 Å². The highest BCUT2D eigenvalue weighted by molar-refractivity contribution is 5.98. The molecule has 1 aliphatic heterocycles. The molecule has 0 aromatic carbocycles. The number of carbonyl (C=O) groups is 1. The smallest absolute Gasteiger partial charge is 0.229 e. The lowest BCUT2D eigenvalue weighted by Crippen LogP contribution is -2.29. The lowest BCUT2D eigenvalue weighted by atomic mass is 9.95. The molecular formula is C27H28FN9O. The first kappa shape index (κ1) is 24.0. The average molecular weight is 514 g/mol. The molecule has 6 rings (SSSR count). The molecule has 194 valence electrons. The minimum Gasteiger partial charge on any atom is -0.368 e. The molecule has 1 aliphatic rings. The van der Waals surface area contributed by atoms with Gasteiger partial charge in [-0.25, -0.2) is 9.37 Å². The van der Waals surface area contributed by atoms with Crippen LogP contribution in [0.5, 0.6) is 0 Å². The van der Waals surface area contributed by atoms with Gasteiger partial charge in [0.25, 0.3) is 0 Å². The standard InChI is InChI=1S/C27H28FN9O/c1-27(2,3)26(38)32-16-9-15(10-29-11-16)22-21(28)20-17(13-31-22)35-36-24(20)25-33-18-12-30-14-19(23(18)34-25)37-7-5-4-6-8-37/h9-14H,4-8H2,1-3H3,(H,32,38)(H,33,34)(H,35,36). The molecule has 1 saturated heterocycles. The second-order valence-corrected chi connectivity index (χ2v) is 10.6. The van der Waals surface area contributed by atoms with Gasteiger partial charge in [-0.05, 0) is 25.3 Å². The Morgan fingerprint density at radius 1 is 1.00 bits per heavy atom. The number of anilines is 2. The summed E-state index contributed by atoms with van der Waals surface area (Å²) in [5.41, 5.74) is 3.73. The molecule has 0 radical (unpaired) electrons. The topological polar surface area (TPSA) is 128 Å². The molecule has 5 aromatic rings. The molecule has 0 unspecified atom stereocenters. The largest absolute Gasteiger partial charge is 0.368 e. The second-order valence-electron chi connectivity index (χ2n) is 10.6. The van der Waals surface area contributed by atoms with Crippen LogP contribution in [0.3, 0.4) is 0 Å². The molecule has 11 heteroatoms. The van der Waals surface area contributed by atoms with Crippen molar-refractivity contribution in [2.24, 2.45) is 5.41 Å². The Morgan fingerprint density at radius 3 is 2.58 bits per heavy atom. The number of hydrogen-bond acceptors (Lipinski definition) is 7. The van der Waals surface area contributed by atoms with Gasteiger partial charge in [-0.1, -0.05) is 20.8 Å². The van der Waals surface area contributed by atoms with E-state index in [4.69, 9.17) is 4.98 Å². The van der Waals surface area contributed by atoms with Gasteiger partial charge in [-0.3, -0.25) is 24.8 Å². The van der Waals surface area contributed by atoms with E-state index in [2.05, 4.69) is 40.3 Å². The van der Waals surface area contributed by atoms with Crippen molar-refractivity contribution in [3.63, 3.8) is 0 Å². The summed E-state index contributed by atoms with van der Waals surface area (Å²) >= 11 is 0. The van der Waals surface area contributed by atoms with Gasteiger partial charge in [0, 0.05) is 30.3 Å². The van der Waals surface area contributed by atoms with Crippen LogP contribution in [0.4, 0.5) is 15.8 Å². The number of nitrogens with zero attached hydrogens (tertiary/aromatic N) is 6. The number of aromatic nitrogens is 7. The third-order valence-corrected chi connectivity index (χ3v) is 6.79. The summed E-state index contributed by atoms with van der Waals surface area (Å²) in [6.45, 7) is 7.37. The van der Waals surface area contributed by atoms with Gasteiger partial charge in [0.05, 0.1) is 52.6 Å². The molecular weight excluding hydrogens is 485 g/mol. The normalized spacial score (nSPS) is 14.4. The van der Waals surface area contributed by atoms with Gasteiger partial charge in [0.1, 0.15) is 16.9 Å². The molecule has 0 spiro atoms. The third-order valence-electron chi connectivity index (χ3n) is 6.79. The van der Waals surface area contributed by atoms with E-state index < -0.39 is 11.2 Å². The summed E-state index contributed by atoms with van der Waals surface area (Å²) in [6, 6.07) is 1.66. The first-order chi connectivity index (χ1) is 18.3. The molecule has 5 aromatic heterocycles. The fourth-order valence-electron chi connectivity index (χ4n) is 4.70. The summed E-state index contributed by atoms with van der Waals surface area (Å²) < 4.78 is 16.0. The van der Waals surface area contributed by atoms with Crippen molar-refractivity contribution in [2.75, 3.05) is 23.3 Å². The number of aromatic amines is 2. The number of halogens is 1. The number of pyridine rings is 3. The lowest BCUT2D eigenvalue weighted by Gasteiger charge is -2.28. The summed E-state index contributed by atoms with van der Waals surface area (Å²) in [7, 11) is 0. The van der Waals surface area contributed by atoms with Crippen LogP contribution in [0.1, 0.15) is 40.0 Å². The Bertz CT molecular complexity index is 1660. The maximum Gasteiger partial charge on any atom is 0.229 e. The highest BCUT2D eigenvalue weighted by Crippen LogP contribution is 2.34. The fraction of sp³-hybridized carbons (Fsp3) is 0.333. The van der Waals surface area contributed by atoms with Crippen LogP contribution in [-0.4, -0.2) is 54.1 Å². The van der Waals surface area contributed by atoms with Crippen LogP contribution in [0.25, 0.3) is 44.7 Å². The van der Waals surface area contributed by atoms with Crippen LogP contribution in [0.2, 0.25) is 0 Å². The van der Waals surface area contributed by atoms with E-state index in [0.717, 1.165) is 42.7 Å². The number of rotatable bonds is 4. The molecule has 1 amide bonds. The quantitative estimate of drug-likeness (QED) is 0.306. The summed E-state index contributed by atoms with van der Waals surface area (Å²) in [5, 5.41) is 10.4. The van der Waals surface area contributed by atoms with Crippen LogP contribution in [-0.2, 0) is 4.79 Å². The van der Waals surface area contributed by atoms with E-state index in [1.807, 2.05) is 27.0 Å². The van der Waals surface area contributed by atoms with E-state index in [9.17, 15) is 4.79 Å². The van der Waals surface area contributed by atoms with Crippen LogP contribution in [0.15, 0.2) is 37.1 Å². The zero-order valence-corrected chi connectivity index (χ0v) is 21.5. The number of H-pyrrole nitrogens is 2. The monoisotopic (exact) mass is 513 g/mol. The third kappa shape index (κ3) is 4.23. The summed E-state index contributed by atoms with van der Waals surface area (Å²) in [6.07, 6.45) is 11.6. The molecule has 3 N–H and O–H groups in total. The maximum atomic E-state index is 16.0. The summed E-state index contributed by atoms with van der Waals surface area (Å²) in [5.74, 6) is -0.277. The highest BCUT2D eigenvalue weighted by Gasteiger charge is 2.24. The molecule has 0 atom stereocenters. The minimum atomic E-state index is -0.583. The Morgan fingerprint density at radius 2 is 1.79 bits per heavy atom. The van der Waals surface area contributed by atoms with E-state index >= 15 is 4.39 Å². The number of imidazole rings is 1. The van der Waals surface area contributed by atoms with Gasteiger partial charge >= 0.3 is 0 Å². The number of carbonyl (C=O) groups excluding carboxylic acids is 1. The lowest BCUT2D eigenvalue weighted by molar-refractivity contribution is -0.123. The van der Waals surface area contributed by atoms with Crippen molar-refractivity contribution >= 4 is 39.2 Å². The van der Waals surface area contributed by atoms with Crippen molar-refractivity contribution in [3.05, 3.63) is 42.9 Å². The van der Waals surface area contributed by atoms with Crippen molar-refractivity contribution in [1.29, 1.82) is 0 Å². The average Bonchev–Trinajstić information content (AvgIpc) is 3.54. The first-order valence-electron chi connectivity index (χ1n) is 12.7. The van der Waals surface area contributed by atoms with Crippen LogP contribution < -0.4 is 10.2 Å². The van der Waals surface area contributed by atoms with Gasteiger partial charge in [-0.2, -0.15) is 5.10 Å². The molecule has 0 aliphatic carbocycles. The van der Waals surface area contributed by atoms with Crippen LogP contribution >= 0.6 is 0 Å². The van der Waals surface area contributed by atoms with Gasteiger partial charge in [-0.15, -0.1) is 0 Å². The maximum absolute atomic E-state index is 16.0. The predicted octanol–water partition coefficient (Wildman–Crippen LogP) is 5.07. The highest BCUT2D eigenvalue weighted by atomic mass is 19.1. The zero-order valence-electron chi connectivity index (χ0n) is 21.5. The Balaban J connectivity index is 1.41. The molecule has 1 fully saturated rings. The molecule has 38 heavy (non-hydrogen) atoms. The van der Waals surface area contributed by atoms with E-state index in [1.165, 1.54) is 25.0 Å². The Kier molecular flexibility index (Phi) is 5.77. The SMILES string of the molecule is CC(C)(C)C(=O)Nc1cncc(-c2ncc3[nH]nc(-c4nc5c(N6CCCCC6)cncc5[nH]4)c3c2F)c1. The second kappa shape index (κ2) is 9.16. The molecule has 0 bridgehead atoms. The zero-order chi connectivity index (χ0) is 26.4. The van der Waals surface area contributed by atoms with E-state index in [1.54, 1.807) is 12.3 Å². The number of amides is 1. The number of hydrogen-bond donors (Lipinski definition) is 3. The molecule has 6 heterocycles. The van der Waals surface area contributed by atoms with Crippen molar-refractivity contribution < 1.29 is 9.18 Å². The van der Waals surface area contributed by atoms with Gasteiger partial charge in [0.2, 0.25) is 5.91 Å². The predicted molar refractivity (Wildman–Crippen MR) is 144 cm³/mol. The van der Waals surface area contributed by atoms with E-state index in [-0.39, 0.29) is 17.0 Å². The first-order valence-corrected chi connectivity index (χ1v) is 12.7. The number of fused-ring (bicyclic) bond motifs is 2.